The summed E-state index contributed by atoms with van der Waals surface area (Å²) in [5.74, 6) is 0. The lowest BCUT2D eigenvalue weighted by atomic mass is 9.99. The average Bonchev–Trinajstić information content (AvgIpc) is 2.36. The van der Waals surface area contributed by atoms with Gasteiger partial charge < -0.3 is 9.05 Å². The predicted molar refractivity (Wildman–Crippen MR) is 81.0 cm³/mol. The topological polar surface area (TPSA) is 91.3 Å². The molecule has 1 rings (SSSR count). The molecule has 0 aromatic heterocycles. The lowest BCUT2D eigenvalue weighted by Gasteiger charge is -2.20. The summed E-state index contributed by atoms with van der Waals surface area (Å²) in [6, 6.07) is 0. The quantitative estimate of drug-likeness (QED) is 0.499. The molecule has 0 atom stereocenters. The first-order valence-electron chi connectivity index (χ1n) is 6.81. The second-order valence-electron chi connectivity index (χ2n) is 4.62. The maximum absolute atomic E-state index is 12.5. The van der Waals surface area contributed by atoms with Gasteiger partial charge in [-0.2, -0.15) is 8.42 Å². The largest absolute Gasteiger partial charge is 0.334 e. The molecule has 0 spiro atoms. The minimum absolute atomic E-state index is 0.187. The van der Waals surface area contributed by atoms with Crippen LogP contribution in [0, 0.1) is 0 Å². The van der Waals surface area contributed by atoms with Crippen LogP contribution in [-0.4, -0.2) is 39.8 Å². The normalized spacial score (nSPS) is 18.6. The molecule has 1 aliphatic rings. The van der Waals surface area contributed by atoms with Gasteiger partial charge in [-0.1, -0.05) is 10.7 Å². The second-order valence-corrected chi connectivity index (χ2v) is 8.23. The van der Waals surface area contributed by atoms with Crippen LogP contribution in [0.25, 0.3) is 0 Å². The Kier molecular flexibility index (Phi) is 7.06. The molecule has 122 valence electrons. The Bertz CT molecular complexity index is 544. The molecule has 0 unspecified atom stereocenters. The molecule has 0 saturated heterocycles. The molecular formula is C12H22NO6PS. The van der Waals surface area contributed by atoms with Crippen molar-refractivity contribution in [2.75, 3.05) is 25.6 Å². The summed E-state index contributed by atoms with van der Waals surface area (Å²) in [7, 11) is -6.76. The lowest BCUT2D eigenvalue weighted by Crippen LogP contribution is -2.10. The van der Waals surface area contributed by atoms with Crippen LogP contribution in [0.2, 0.25) is 0 Å². The van der Waals surface area contributed by atoms with Gasteiger partial charge in [0.1, 0.15) is 0 Å². The van der Waals surface area contributed by atoms with E-state index < -0.39 is 17.7 Å². The van der Waals surface area contributed by atoms with Crippen LogP contribution in [0.3, 0.4) is 0 Å². The molecule has 1 aliphatic carbocycles. The van der Waals surface area contributed by atoms with Crippen molar-refractivity contribution in [2.45, 2.75) is 33.1 Å². The molecular weight excluding hydrogens is 317 g/mol. The van der Waals surface area contributed by atoms with Gasteiger partial charge in [0.25, 0.3) is 0 Å². The van der Waals surface area contributed by atoms with Crippen molar-refractivity contribution in [1.82, 2.24) is 0 Å². The van der Waals surface area contributed by atoms with E-state index in [1.54, 1.807) is 19.9 Å². The summed E-state index contributed by atoms with van der Waals surface area (Å²) in [6.45, 7) is 4.13. The highest BCUT2D eigenvalue weighted by atomic mass is 32.2. The zero-order chi connectivity index (χ0) is 15.9. The first-order chi connectivity index (χ1) is 9.78. The van der Waals surface area contributed by atoms with Crippen molar-refractivity contribution in [3.8, 4) is 0 Å². The lowest BCUT2D eigenvalue weighted by molar-refractivity contribution is 0.222. The first-order valence-corrected chi connectivity index (χ1v) is 10.4. The Morgan fingerprint density at radius 1 is 1.24 bits per heavy atom. The molecule has 0 amide bonds. The van der Waals surface area contributed by atoms with Crippen LogP contribution >= 0.6 is 7.60 Å². The van der Waals surface area contributed by atoms with Gasteiger partial charge in [-0.05, 0) is 39.2 Å². The average molecular weight is 339 g/mol. The Balaban J connectivity index is 2.82. The van der Waals surface area contributed by atoms with E-state index in [0.29, 0.717) is 25.3 Å². The van der Waals surface area contributed by atoms with Gasteiger partial charge in [0.15, 0.2) is 0 Å². The minimum Gasteiger partial charge on any atom is -0.309 e. The summed E-state index contributed by atoms with van der Waals surface area (Å²) in [4.78, 5) is 0. The van der Waals surface area contributed by atoms with Gasteiger partial charge in [0, 0.05) is 0 Å². The molecule has 9 heteroatoms. The van der Waals surface area contributed by atoms with Crippen molar-refractivity contribution in [1.29, 1.82) is 0 Å². The summed E-state index contributed by atoms with van der Waals surface area (Å²) in [5, 5.41) is 3.61. The maximum atomic E-state index is 12.5. The van der Waals surface area contributed by atoms with E-state index in [2.05, 4.69) is 9.44 Å². The highest BCUT2D eigenvalue weighted by Gasteiger charge is 2.26. The fourth-order valence-electron chi connectivity index (χ4n) is 1.96. The molecule has 0 heterocycles. The van der Waals surface area contributed by atoms with Gasteiger partial charge in [-0.25, -0.2) is 0 Å². The van der Waals surface area contributed by atoms with Crippen LogP contribution in [0.5, 0.6) is 0 Å². The number of hydrogen-bond acceptors (Lipinski definition) is 7. The summed E-state index contributed by atoms with van der Waals surface area (Å²) in [6.07, 6.45) is 4.99. The number of rotatable bonds is 8. The van der Waals surface area contributed by atoms with Crippen LogP contribution in [-0.2, 0) is 28.0 Å². The SMILES string of the molecule is CCOP(=O)(CC1=C/C(=N\OS(C)(=O)=O)CCC1)OCC. The highest BCUT2D eigenvalue weighted by Crippen LogP contribution is 2.50. The fourth-order valence-corrected chi connectivity index (χ4v) is 3.98. The van der Waals surface area contributed by atoms with Gasteiger partial charge in [0.05, 0.1) is 31.3 Å². The van der Waals surface area contributed by atoms with Gasteiger partial charge in [0.2, 0.25) is 0 Å². The van der Waals surface area contributed by atoms with Crippen molar-refractivity contribution in [3.05, 3.63) is 11.6 Å². The number of oxime groups is 1. The Hall–Kier alpha value is -0.690. The van der Waals surface area contributed by atoms with Crippen LogP contribution in [0.15, 0.2) is 16.8 Å². The molecule has 0 bridgehead atoms. The molecule has 7 nitrogen and oxygen atoms in total. The Morgan fingerprint density at radius 3 is 2.38 bits per heavy atom. The Labute approximate surface area is 126 Å². The zero-order valence-electron chi connectivity index (χ0n) is 12.6. The van der Waals surface area contributed by atoms with Gasteiger partial charge in [-0.3, -0.25) is 8.85 Å². The molecule has 21 heavy (non-hydrogen) atoms. The van der Waals surface area contributed by atoms with Crippen LogP contribution in [0.1, 0.15) is 33.1 Å². The van der Waals surface area contributed by atoms with E-state index in [4.69, 9.17) is 9.05 Å². The number of allylic oxidation sites excluding steroid dienone is 2. The van der Waals surface area contributed by atoms with Gasteiger partial charge in [-0.15, -0.1) is 0 Å². The van der Waals surface area contributed by atoms with E-state index in [9.17, 15) is 13.0 Å². The zero-order valence-corrected chi connectivity index (χ0v) is 14.3. The third kappa shape index (κ3) is 7.22. The standard InChI is InChI=1S/C12H22NO6PS/c1-4-17-20(14,18-5-2)10-11-7-6-8-12(9-11)13-19-21(3,15)16/h9H,4-8,10H2,1-3H3/b13-12-. The highest BCUT2D eigenvalue weighted by molar-refractivity contribution is 7.85. The summed E-state index contributed by atoms with van der Waals surface area (Å²) >= 11 is 0. The fraction of sp³-hybridized carbons (Fsp3) is 0.750. The van der Waals surface area contributed by atoms with E-state index in [1.807, 2.05) is 0 Å². The summed E-state index contributed by atoms with van der Waals surface area (Å²) < 4.78 is 49.2. The molecule has 0 radical (unpaired) electrons. The van der Waals surface area contributed by atoms with E-state index in [0.717, 1.165) is 24.7 Å². The first kappa shape index (κ1) is 18.4. The third-order valence-corrected chi connectivity index (χ3v) is 5.08. The van der Waals surface area contributed by atoms with Crippen molar-refractivity contribution in [2.24, 2.45) is 5.16 Å². The van der Waals surface area contributed by atoms with Gasteiger partial charge >= 0.3 is 17.7 Å². The van der Waals surface area contributed by atoms with Crippen molar-refractivity contribution < 1.29 is 26.3 Å². The molecule has 0 N–H and O–H groups in total. The molecule has 0 aromatic rings. The number of hydrogen-bond donors (Lipinski definition) is 0. The smallest absolute Gasteiger partial charge is 0.309 e. The minimum atomic E-state index is -3.61. The predicted octanol–water partition coefficient (Wildman–Crippen LogP) is 2.70. The Morgan fingerprint density at radius 2 is 1.86 bits per heavy atom. The second kappa shape index (κ2) is 8.08. The van der Waals surface area contributed by atoms with Crippen molar-refractivity contribution >= 4 is 23.4 Å². The molecule has 0 aliphatic heterocycles. The van der Waals surface area contributed by atoms with Crippen LogP contribution in [0.4, 0.5) is 0 Å². The maximum Gasteiger partial charge on any atom is 0.334 e. The molecule has 0 aromatic carbocycles. The third-order valence-electron chi connectivity index (χ3n) is 2.64. The monoisotopic (exact) mass is 339 g/mol. The summed E-state index contributed by atoms with van der Waals surface area (Å²) in [5.41, 5.74) is 1.38. The van der Waals surface area contributed by atoms with Crippen LogP contribution < -0.4 is 0 Å². The molecule has 0 fully saturated rings. The number of nitrogens with zero attached hydrogens (tertiary/aromatic N) is 1. The van der Waals surface area contributed by atoms with Crippen molar-refractivity contribution in [3.63, 3.8) is 0 Å². The molecule has 0 saturated carbocycles. The van der Waals surface area contributed by atoms with E-state index >= 15 is 0 Å². The van der Waals surface area contributed by atoms with E-state index in [-0.39, 0.29) is 6.16 Å². The van der Waals surface area contributed by atoms with E-state index in [1.165, 1.54) is 0 Å².